The van der Waals surface area contributed by atoms with Crippen molar-refractivity contribution < 1.29 is 0 Å². The van der Waals surface area contributed by atoms with E-state index in [0.717, 1.165) is 18.1 Å². The Morgan fingerprint density at radius 2 is 1.90 bits per heavy atom. The van der Waals surface area contributed by atoms with Gasteiger partial charge in [0.15, 0.2) is 0 Å². The lowest BCUT2D eigenvalue weighted by molar-refractivity contribution is 0.0118. The van der Waals surface area contributed by atoms with E-state index in [1.54, 1.807) is 0 Å². The molecule has 2 saturated heterocycles. The normalized spacial score (nSPS) is 32.8. The van der Waals surface area contributed by atoms with Crippen molar-refractivity contribution in [2.24, 2.45) is 5.73 Å². The van der Waals surface area contributed by atoms with Crippen LogP contribution in [-0.2, 0) is 6.54 Å². The molecule has 2 aliphatic heterocycles. The van der Waals surface area contributed by atoms with E-state index >= 15 is 0 Å². The highest BCUT2D eigenvalue weighted by atomic mass is 35.5. The molecule has 0 aromatic heterocycles. The minimum absolute atomic E-state index is 0.123. The smallest absolute Gasteiger partial charge is 0.0451 e. The number of hydrogen-bond acceptors (Lipinski definition) is 3. The summed E-state index contributed by atoms with van der Waals surface area (Å²) in [4.78, 5) is 5.02. The van der Waals surface area contributed by atoms with Gasteiger partial charge in [0.1, 0.15) is 0 Å². The number of benzene rings is 1. The summed E-state index contributed by atoms with van der Waals surface area (Å²) >= 11 is 6.32. The number of nitrogens with zero attached hydrogens (tertiary/aromatic N) is 2. The highest BCUT2D eigenvalue weighted by Gasteiger charge is 2.48. The number of fused-ring (bicyclic) bond motifs is 2. The van der Waals surface area contributed by atoms with Gasteiger partial charge in [0.2, 0.25) is 0 Å². The van der Waals surface area contributed by atoms with Gasteiger partial charge in [-0.2, -0.15) is 0 Å². The van der Waals surface area contributed by atoms with Crippen molar-refractivity contribution >= 4 is 11.6 Å². The molecule has 1 aromatic carbocycles. The fraction of sp³-hybridized carbons (Fsp3) is 0.647. The molecule has 2 atom stereocenters. The average Bonchev–Trinajstić information content (AvgIpc) is 2.72. The summed E-state index contributed by atoms with van der Waals surface area (Å²) in [6.45, 7) is 1.61. The van der Waals surface area contributed by atoms with Crippen LogP contribution in [0.25, 0.3) is 0 Å². The van der Waals surface area contributed by atoms with Gasteiger partial charge in [-0.3, -0.25) is 4.90 Å². The van der Waals surface area contributed by atoms with Crippen LogP contribution in [0.5, 0.6) is 0 Å². The Kier molecular flexibility index (Phi) is 4.28. The molecule has 2 aliphatic rings. The van der Waals surface area contributed by atoms with Crippen molar-refractivity contribution in [3.05, 3.63) is 34.9 Å². The molecule has 0 saturated carbocycles. The molecular formula is C17H26ClN3. The van der Waals surface area contributed by atoms with Crippen molar-refractivity contribution in [1.82, 2.24) is 9.80 Å². The van der Waals surface area contributed by atoms with Gasteiger partial charge in [0, 0.05) is 35.7 Å². The molecule has 116 valence electrons. The fourth-order valence-corrected chi connectivity index (χ4v) is 4.42. The molecule has 3 rings (SSSR count). The first-order valence-corrected chi connectivity index (χ1v) is 8.30. The molecule has 2 unspecified atom stereocenters. The van der Waals surface area contributed by atoms with E-state index < -0.39 is 0 Å². The summed E-state index contributed by atoms with van der Waals surface area (Å²) in [7, 11) is 4.48. The third-order valence-electron chi connectivity index (χ3n) is 5.77. The Bertz CT molecular complexity index is 491. The number of likely N-dealkylation sites (N-methyl/N-ethyl adjacent to an activating group) is 1. The van der Waals surface area contributed by atoms with E-state index in [-0.39, 0.29) is 5.54 Å². The lowest BCUT2D eigenvalue weighted by atomic mass is 9.81. The van der Waals surface area contributed by atoms with Gasteiger partial charge in [0.25, 0.3) is 0 Å². The Labute approximate surface area is 133 Å². The lowest BCUT2D eigenvalue weighted by Crippen LogP contribution is -2.60. The summed E-state index contributed by atoms with van der Waals surface area (Å²) in [6.07, 6.45) is 5.00. The van der Waals surface area contributed by atoms with Crippen LogP contribution in [0, 0.1) is 0 Å². The van der Waals surface area contributed by atoms with Crippen LogP contribution in [0.1, 0.15) is 31.2 Å². The zero-order chi connectivity index (χ0) is 15.0. The van der Waals surface area contributed by atoms with Gasteiger partial charge in [0.05, 0.1) is 0 Å². The molecule has 0 radical (unpaired) electrons. The molecule has 0 spiro atoms. The minimum atomic E-state index is 0.123. The van der Waals surface area contributed by atoms with E-state index in [1.165, 1.54) is 31.2 Å². The topological polar surface area (TPSA) is 32.5 Å². The summed E-state index contributed by atoms with van der Waals surface area (Å²) in [6, 6.07) is 9.52. The van der Waals surface area contributed by atoms with Gasteiger partial charge < -0.3 is 10.6 Å². The molecule has 21 heavy (non-hydrogen) atoms. The van der Waals surface area contributed by atoms with Crippen LogP contribution in [0.2, 0.25) is 5.02 Å². The predicted octanol–water partition coefficient (Wildman–Crippen LogP) is 2.73. The average molecular weight is 308 g/mol. The Morgan fingerprint density at radius 3 is 2.48 bits per heavy atom. The van der Waals surface area contributed by atoms with Crippen LogP contribution in [-0.4, -0.2) is 48.1 Å². The minimum Gasteiger partial charge on any atom is -0.329 e. The molecular weight excluding hydrogens is 282 g/mol. The molecule has 0 amide bonds. The Morgan fingerprint density at radius 1 is 1.29 bits per heavy atom. The zero-order valence-electron chi connectivity index (χ0n) is 13.1. The number of hydrogen-bond donors (Lipinski definition) is 1. The van der Waals surface area contributed by atoms with Crippen LogP contribution < -0.4 is 5.73 Å². The van der Waals surface area contributed by atoms with E-state index in [9.17, 15) is 0 Å². The standard InChI is InChI=1S/C17H26ClN3/c1-20(11-13-5-3-4-6-16(13)18)17(12-19)9-14-7-8-15(10-17)21(14)2/h3-6,14-15H,7-12,19H2,1-2H3. The monoisotopic (exact) mass is 307 g/mol. The van der Waals surface area contributed by atoms with Gasteiger partial charge in [-0.15, -0.1) is 0 Å². The summed E-state index contributed by atoms with van der Waals surface area (Å²) in [5.74, 6) is 0. The number of rotatable bonds is 4. The molecule has 0 aliphatic carbocycles. The van der Waals surface area contributed by atoms with Crippen molar-refractivity contribution in [3.63, 3.8) is 0 Å². The molecule has 2 bridgehead atoms. The molecule has 2 fully saturated rings. The molecule has 4 heteroatoms. The van der Waals surface area contributed by atoms with Gasteiger partial charge in [-0.25, -0.2) is 0 Å². The highest BCUT2D eigenvalue weighted by molar-refractivity contribution is 6.31. The van der Waals surface area contributed by atoms with E-state index in [0.29, 0.717) is 12.1 Å². The third-order valence-corrected chi connectivity index (χ3v) is 6.14. The van der Waals surface area contributed by atoms with Crippen LogP contribution in [0.3, 0.4) is 0 Å². The molecule has 2 heterocycles. The van der Waals surface area contributed by atoms with E-state index in [4.69, 9.17) is 17.3 Å². The Balaban J connectivity index is 1.79. The second-order valence-electron chi connectivity index (χ2n) is 6.83. The zero-order valence-corrected chi connectivity index (χ0v) is 13.8. The van der Waals surface area contributed by atoms with E-state index in [2.05, 4.69) is 36.0 Å². The number of nitrogens with two attached hydrogens (primary N) is 1. The van der Waals surface area contributed by atoms with Crippen molar-refractivity contribution in [1.29, 1.82) is 0 Å². The third kappa shape index (κ3) is 2.72. The molecule has 1 aromatic rings. The van der Waals surface area contributed by atoms with E-state index in [1.807, 2.05) is 12.1 Å². The number of piperidine rings is 1. The van der Waals surface area contributed by atoms with Crippen molar-refractivity contribution in [3.8, 4) is 0 Å². The first-order chi connectivity index (χ1) is 10.1. The van der Waals surface area contributed by atoms with Gasteiger partial charge >= 0.3 is 0 Å². The lowest BCUT2D eigenvalue weighted by Gasteiger charge is -2.50. The maximum Gasteiger partial charge on any atom is 0.0451 e. The van der Waals surface area contributed by atoms with Crippen LogP contribution in [0.15, 0.2) is 24.3 Å². The summed E-state index contributed by atoms with van der Waals surface area (Å²) < 4.78 is 0. The Hall–Kier alpha value is -0.610. The maximum atomic E-state index is 6.32. The first-order valence-electron chi connectivity index (χ1n) is 7.92. The maximum absolute atomic E-state index is 6.32. The summed E-state index contributed by atoms with van der Waals surface area (Å²) in [5.41, 5.74) is 7.55. The van der Waals surface area contributed by atoms with Crippen molar-refractivity contribution in [2.75, 3.05) is 20.6 Å². The molecule has 3 nitrogen and oxygen atoms in total. The van der Waals surface area contributed by atoms with Crippen LogP contribution in [0.4, 0.5) is 0 Å². The SMILES string of the molecule is CN1C2CCC1CC(CN)(N(C)Cc1ccccc1Cl)C2. The quantitative estimate of drug-likeness (QED) is 0.928. The second kappa shape index (κ2) is 5.88. The number of halogens is 1. The first kappa shape index (κ1) is 15.3. The van der Waals surface area contributed by atoms with Crippen molar-refractivity contribution in [2.45, 2.75) is 49.9 Å². The van der Waals surface area contributed by atoms with Crippen LogP contribution >= 0.6 is 11.6 Å². The largest absolute Gasteiger partial charge is 0.329 e. The van der Waals surface area contributed by atoms with Gasteiger partial charge in [-0.1, -0.05) is 29.8 Å². The fourth-order valence-electron chi connectivity index (χ4n) is 4.23. The predicted molar refractivity (Wildman–Crippen MR) is 88.5 cm³/mol. The van der Waals surface area contributed by atoms with Gasteiger partial charge in [-0.05, 0) is 51.4 Å². The highest BCUT2D eigenvalue weighted by Crippen LogP contribution is 2.42. The molecule has 2 N–H and O–H groups in total. The second-order valence-corrected chi connectivity index (χ2v) is 7.24. The summed E-state index contributed by atoms with van der Waals surface area (Å²) in [5, 5.41) is 0.854.